The van der Waals surface area contributed by atoms with Crippen molar-refractivity contribution in [3.63, 3.8) is 0 Å². The first-order valence-corrected chi connectivity index (χ1v) is 13.7. The lowest BCUT2D eigenvalue weighted by molar-refractivity contribution is -0.137. The highest BCUT2D eigenvalue weighted by Gasteiger charge is 2.33. The number of halogens is 4. The van der Waals surface area contributed by atoms with E-state index in [1.54, 1.807) is 12.1 Å². The molecule has 0 saturated carbocycles. The lowest BCUT2D eigenvalue weighted by atomic mass is 10.0. The van der Waals surface area contributed by atoms with Crippen LogP contribution in [0.1, 0.15) is 63.5 Å². The Balaban J connectivity index is 0.00000164. The van der Waals surface area contributed by atoms with Crippen LogP contribution in [0, 0.1) is 6.92 Å². The Bertz CT molecular complexity index is 1230. The van der Waals surface area contributed by atoms with Gasteiger partial charge in [0.2, 0.25) is 5.28 Å². The number of nitrogens with zero attached hydrogens (tertiary/aromatic N) is 6. The van der Waals surface area contributed by atoms with E-state index in [9.17, 15) is 13.2 Å². The number of anilines is 1. The highest BCUT2D eigenvalue weighted by atomic mass is 35.5. The molecule has 11 heteroatoms. The number of piperazine rings is 1. The molecule has 2 aliphatic rings. The summed E-state index contributed by atoms with van der Waals surface area (Å²) in [6.45, 7) is 13.7. The van der Waals surface area contributed by atoms with Gasteiger partial charge in [0, 0.05) is 38.3 Å². The monoisotopic (exact) mass is 552 g/mol. The van der Waals surface area contributed by atoms with Crippen LogP contribution in [0.3, 0.4) is 0 Å². The Hall–Kier alpha value is -2.43. The maximum atomic E-state index is 12.9. The highest BCUT2D eigenvalue weighted by molar-refractivity contribution is 6.28. The van der Waals surface area contributed by atoms with Crippen molar-refractivity contribution >= 4 is 28.6 Å². The molecule has 0 spiro atoms. The number of benzene rings is 1. The zero-order valence-corrected chi connectivity index (χ0v) is 23.4. The number of hydrogen-bond donors (Lipinski definition) is 0. The fourth-order valence-corrected chi connectivity index (χ4v) is 5.45. The van der Waals surface area contributed by atoms with Gasteiger partial charge in [0.05, 0.1) is 18.2 Å². The second-order valence-electron chi connectivity index (χ2n) is 9.73. The van der Waals surface area contributed by atoms with Gasteiger partial charge in [-0.1, -0.05) is 26.0 Å². The smallest absolute Gasteiger partial charge is 0.376 e. The number of rotatable bonds is 5. The third-order valence-corrected chi connectivity index (χ3v) is 7.52. The van der Waals surface area contributed by atoms with Gasteiger partial charge in [0.1, 0.15) is 5.82 Å². The van der Waals surface area contributed by atoms with Crippen LogP contribution in [-0.4, -0.2) is 62.8 Å². The van der Waals surface area contributed by atoms with E-state index >= 15 is 0 Å². The molecule has 38 heavy (non-hydrogen) atoms. The van der Waals surface area contributed by atoms with E-state index in [1.807, 2.05) is 27.7 Å². The van der Waals surface area contributed by atoms with Crippen LogP contribution in [0.2, 0.25) is 5.28 Å². The molecule has 1 aromatic carbocycles. The lowest BCUT2D eigenvalue weighted by Gasteiger charge is -2.43. The van der Waals surface area contributed by atoms with Crippen LogP contribution < -0.4 is 4.90 Å². The molecule has 0 N–H and O–H groups in total. The van der Waals surface area contributed by atoms with Gasteiger partial charge in [0.25, 0.3) is 0 Å². The van der Waals surface area contributed by atoms with E-state index in [1.165, 1.54) is 0 Å². The van der Waals surface area contributed by atoms with E-state index in [0.29, 0.717) is 24.6 Å². The number of hydrogen-bond acceptors (Lipinski definition) is 6. The molecular formula is C27H36ClF3N6O. The van der Waals surface area contributed by atoms with Crippen LogP contribution in [0.5, 0.6) is 0 Å². The number of imidazole rings is 1. The molecule has 208 valence electrons. The van der Waals surface area contributed by atoms with Crippen molar-refractivity contribution in [3.05, 3.63) is 46.5 Å². The first kappa shape index (κ1) is 28.6. The Morgan fingerprint density at radius 3 is 2.42 bits per heavy atom. The number of fused-ring (bicyclic) bond motifs is 1. The molecule has 4 heterocycles. The van der Waals surface area contributed by atoms with Gasteiger partial charge in [-0.3, -0.25) is 4.90 Å². The van der Waals surface area contributed by atoms with Crippen LogP contribution in [0.4, 0.5) is 19.0 Å². The van der Waals surface area contributed by atoms with Crippen molar-refractivity contribution in [3.8, 4) is 0 Å². The molecule has 0 radical (unpaired) electrons. The molecule has 2 aliphatic heterocycles. The van der Waals surface area contributed by atoms with E-state index in [-0.39, 0.29) is 23.5 Å². The minimum Gasteiger partial charge on any atom is -0.376 e. The van der Waals surface area contributed by atoms with E-state index in [4.69, 9.17) is 21.3 Å². The summed E-state index contributed by atoms with van der Waals surface area (Å²) in [5.74, 6) is 1.56. The first-order chi connectivity index (χ1) is 18.1. The van der Waals surface area contributed by atoms with E-state index in [2.05, 4.69) is 31.3 Å². The van der Waals surface area contributed by atoms with Gasteiger partial charge in [-0.05, 0) is 62.9 Å². The minimum atomic E-state index is -4.33. The van der Waals surface area contributed by atoms with Gasteiger partial charge >= 0.3 is 6.18 Å². The fourth-order valence-electron chi connectivity index (χ4n) is 5.29. The van der Waals surface area contributed by atoms with Crippen LogP contribution in [-0.2, 0) is 17.5 Å². The summed E-state index contributed by atoms with van der Waals surface area (Å²) in [5.41, 5.74) is 1.67. The van der Waals surface area contributed by atoms with Crippen molar-refractivity contribution in [2.75, 3.05) is 31.1 Å². The van der Waals surface area contributed by atoms with Crippen LogP contribution in [0.15, 0.2) is 24.3 Å². The van der Waals surface area contributed by atoms with Crippen molar-refractivity contribution in [1.82, 2.24) is 24.4 Å². The molecule has 7 nitrogen and oxygen atoms in total. The third kappa shape index (κ3) is 5.92. The Kier molecular flexibility index (Phi) is 8.84. The average molecular weight is 553 g/mol. The first-order valence-electron chi connectivity index (χ1n) is 13.3. The zero-order valence-electron chi connectivity index (χ0n) is 22.6. The molecule has 0 aliphatic carbocycles. The average Bonchev–Trinajstić information content (AvgIpc) is 3.52. The molecule has 2 fully saturated rings. The summed E-state index contributed by atoms with van der Waals surface area (Å²) >= 11 is 6.38. The van der Waals surface area contributed by atoms with Crippen molar-refractivity contribution in [2.45, 2.75) is 78.4 Å². The SMILES string of the molecule is CC.Cc1nc2c(N3CCN(C(C)c4ccc(C(F)(F)F)cc4)CC3C)nc(Cl)nc2n1CC1CCCO1. The topological polar surface area (TPSA) is 59.3 Å². The number of ether oxygens (including phenoxy) is 1. The molecule has 5 rings (SSSR count). The standard InChI is InChI=1S/C25H30ClF3N6O.C2H6/c1-15-13-33(16(2)18-6-8-19(9-7-18)25(27,28)29)10-11-34(15)22-21-23(32-24(26)31-22)35(17(3)30-21)14-20-5-4-12-36-20;1-2/h6-9,15-16,20H,4-5,10-14H2,1-3H3;1-2H3. The van der Waals surface area contributed by atoms with Crippen molar-refractivity contribution < 1.29 is 17.9 Å². The predicted octanol–water partition coefficient (Wildman–Crippen LogP) is 6.28. The van der Waals surface area contributed by atoms with Gasteiger partial charge in [-0.15, -0.1) is 0 Å². The molecule has 2 aromatic heterocycles. The molecular weight excluding hydrogens is 517 g/mol. The molecule has 2 saturated heterocycles. The zero-order chi connectivity index (χ0) is 27.6. The summed E-state index contributed by atoms with van der Waals surface area (Å²) in [5, 5.41) is 0.179. The second kappa shape index (κ2) is 11.8. The highest BCUT2D eigenvalue weighted by Crippen LogP contribution is 2.33. The van der Waals surface area contributed by atoms with Crippen molar-refractivity contribution in [2.24, 2.45) is 0 Å². The van der Waals surface area contributed by atoms with Crippen LogP contribution in [0.25, 0.3) is 11.2 Å². The number of alkyl halides is 3. The van der Waals surface area contributed by atoms with Gasteiger partial charge in [-0.2, -0.15) is 23.1 Å². The summed E-state index contributed by atoms with van der Waals surface area (Å²) in [7, 11) is 0. The summed E-state index contributed by atoms with van der Waals surface area (Å²) in [6, 6.07) is 5.52. The van der Waals surface area contributed by atoms with E-state index in [0.717, 1.165) is 61.6 Å². The normalized spacial score (nSPS) is 21.4. The number of aromatic nitrogens is 4. The molecule has 3 aromatic rings. The summed E-state index contributed by atoms with van der Waals surface area (Å²) in [4.78, 5) is 18.4. The largest absolute Gasteiger partial charge is 0.416 e. The predicted molar refractivity (Wildman–Crippen MR) is 144 cm³/mol. The molecule has 3 atom stereocenters. The maximum Gasteiger partial charge on any atom is 0.416 e. The lowest BCUT2D eigenvalue weighted by Crippen LogP contribution is -2.52. The minimum absolute atomic E-state index is 0.0150. The number of aryl methyl sites for hydroxylation is 1. The Labute approximate surface area is 227 Å². The third-order valence-electron chi connectivity index (χ3n) is 7.35. The van der Waals surface area contributed by atoms with Gasteiger partial charge in [0.15, 0.2) is 17.0 Å². The van der Waals surface area contributed by atoms with E-state index < -0.39 is 11.7 Å². The summed E-state index contributed by atoms with van der Waals surface area (Å²) in [6.07, 6.45) is -2.11. The fraction of sp³-hybridized carbons (Fsp3) is 0.593. The van der Waals surface area contributed by atoms with Crippen molar-refractivity contribution in [1.29, 1.82) is 0 Å². The molecule has 0 amide bonds. The summed E-state index contributed by atoms with van der Waals surface area (Å²) < 4.78 is 46.7. The quantitative estimate of drug-likeness (QED) is 0.347. The molecule has 3 unspecified atom stereocenters. The molecule has 0 bridgehead atoms. The maximum absolute atomic E-state index is 12.9. The van der Waals surface area contributed by atoms with Gasteiger partial charge < -0.3 is 14.2 Å². The van der Waals surface area contributed by atoms with Crippen LogP contribution >= 0.6 is 11.6 Å². The second-order valence-corrected chi connectivity index (χ2v) is 10.1. The van der Waals surface area contributed by atoms with Gasteiger partial charge in [-0.25, -0.2) is 4.98 Å². The Morgan fingerprint density at radius 2 is 1.82 bits per heavy atom. The Morgan fingerprint density at radius 1 is 1.11 bits per heavy atom.